The normalized spacial score (nSPS) is 17.0. The van der Waals surface area contributed by atoms with Gasteiger partial charge in [0.05, 0.1) is 6.04 Å². The van der Waals surface area contributed by atoms with Crippen LogP contribution in [-0.4, -0.2) is 28.3 Å². The van der Waals surface area contributed by atoms with E-state index in [1.165, 1.54) is 0 Å². The van der Waals surface area contributed by atoms with E-state index in [2.05, 4.69) is 18.0 Å². The molecule has 1 saturated heterocycles. The van der Waals surface area contributed by atoms with Crippen LogP contribution in [0.1, 0.15) is 36.9 Å². The molecule has 2 heterocycles. The summed E-state index contributed by atoms with van der Waals surface area (Å²) in [6.45, 7) is 3.17. The monoisotopic (exact) mass is 342 g/mol. The highest BCUT2D eigenvalue weighted by Crippen LogP contribution is 2.36. The number of amides is 1. The third-order valence-corrected chi connectivity index (χ3v) is 5.04. The molecule has 0 radical (unpaired) electrons. The molecule has 1 atom stereocenters. The van der Waals surface area contributed by atoms with Gasteiger partial charge in [0.25, 0.3) is 0 Å². The van der Waals surface area contributed by atoms with E-state index in [1.807, 2.05) is 47.5 Å². The summed E-state index contributed by atoms with van der Waals surface area (Å²) in [4.78, 5) is 18.9. The molecule has 1 fully saturated rings. The molecular formula is C19H22N2O2S. The van der Waals surface area contributed by atoms with Gasteiger partial charge in [0, 0.05) is 18.3 Å². The summed E-state index contributed by atoms with van der Waals surface area (Å²) in [5.74, 6) is 0.967. The van der Waals surface area contributed by atoms with Gasteiger partial charge < -0.3 is 9.64 Å². The standard InChI is InChI=1S/C19H22N2O2S/c1-2-24-18-16(10-6-12-20-18)17-11-7-13-21(17)19(22)23-14-15-8-4-3-5-9-15/h3-6,8-10,12,17H,2,7,11,13-14H2,1H3. The summed E-state index contributed by atoms with van der Waals surface area (Å²) in [6, 6.07) is 13.9. The first-order valence-corrected chi connectivity index (χ1v) is 9.33. The average molecular weight is 342 g/mol. The van der Waals surface area contributed by atoms with Gasteiger partial charge in [0.15, 0.2) is 0 Å². The number of hydrogen-bond donors (Lipinski definition) is 0. The molecule has 0 bridgehead atoms. The van der Waals surface area contributed by atoms with Crippen LogP contribution >= 0.6 is 11.8 Å². The number of carbonyl (C=O) groups is 1. The number of pyridine rings is 1. The number of likely N-dealkylation sites (tertiary alicyclic amines) is 1. The van der Waals surface area contributed by atoms with Crippen LogP contribution in [0.3, 0.4) is 0 Å². The first-order valence-electron chi connectivity index (χ1n) is 8.34. The van der Waals surface area contributed by atoms with Gasteiger partial charge >= 0.3 is 6.09 Å². The quantitative estimate of drug-likeness (QED) is 0.741. The molecule has 126 valence electrons. The lowest BCUT2D eigenvalue weighted by atomic mass is 10.1. The van der Waals surface area contributed by atoms with Crippen molar-refractivity contribution in [3.05, 3.63) is 59.8 Å². The van der Waals surface area contributed by atoms with Crippen molar-refractivity contribution in [1.82, 2.24) is 9.88 Å². The number of ether oxygens (including phenoxy) is 1. The highest BCUT2D eigenvalue weighted by Gasteiger charge is 2.32. The van der Waals surface area contributed by atoms with Crippen molar-refractivity contribution in [2.45, 2.75) is 37.4 Å². The second-order valence-electron chi connectivity index (χ2n) is 5.72. The molecule has 4 nitrogen and oxygen atoms in total. The number of hydrogen-bond acceptors (Lipinski definition) is 4. The minimum absolute atomic E-state index is 0.0658. The summed E-state index contributed by atoms with van der Waals surface area (Å²) in [7, 11) is 0. The maximum Gasteiger partial charge on any atom is 0.410 e. The van der Waals surface area contributed by atoms with E-state index in [1.54, 1.807) is 11.8 Å². The number of benzene rings is 1. The van der Waals surface area contributed by atoms with Gasteiger partial charge in [-0.2, -0.15) is 0 Å². The first kappa shape index (κ1) is 16.8. The summed E-state index contributed by atoms with van der Waals surface area (Å²) in [5.41, 5.74) is 2.14. The molecule has 2 aromatic rings. The highest BCUT2D eigenvalue weighted by molar-refractivity contribution is 7.99. The fourth-order valence-corrected chi connectivity index (χ4v) is 3.80. The Hall–Kier alpha value is -2.01. The Labute approximate surface area is 147 Å². The zero-order chi connectivity index (χ0) is 16.8. The van der Waals surface area contributed by atoms with Crippen molar-refractivity contribution in [2.75, 3.05) is 12.3 Å². The van der Waals surface area contributed by atoms with Crippen LogP contribution in [0.15, 0.2) is 53.7 Å². The second kappa shape index (κ2) is 8.20. The van der Waals surface area contributed by atoms with Crippen LogP contribution in [0.25, 0.3) is 0 Å². The molecule has 1 unspecified atom stereocenters. The Bertz CT molecular complexity index is 678. The van der Waals surface area contributed by atoms with Crippen molar-refractivity contribution in [2.24, 2.45) is 0 Å². The van der Waals surface area contributed by atoms with E-state index in [9.17, 15) is 4.79 Å². The smallest absolute Gasteiger partial charge is 0.410 e. The largest absolute Gasteiger partial charge is 0.445 e. The predicted octanol–water partition coefficient (Wildman–Crippen LogP) is 4.67. The maximum absolute atomic E-state index is 12.5. The molecule has 1 aliphatic rings. The van der Waals surface area contributed by atoms with Crippen LogP contribution in [0, 0.1) is 0 Å². The third kappa shape index (κ3) is 3.90. The summed E-state index contributed by atoms with van der Waals surface area (Å²) >= 11 is 1.72. The van der Waals surface area contributed by atoms with Crippen molar-refractivity contribution >= 4 is 17.9 Å². The van der Waals surface area contributed by atoms with Gasteiger partial charge in [0.1, 0.15) is 11.6 Å². The third-order valence-electron chi connectivity index (χ3n) is 4.13. The molecule has 1 amide bonds. The first-order chi connectivity index (χ1) is 11.8. The van der Waals surface area contributed by atoms with Crippen molar-refractivity contribution < 1.29 is 9.53 Å². The minimum Gasteiger partial charge on any atom is -0.445 e. The fourth-order valence-electron chi connectivity index (χ4n) is 3.02. The van der Waals surface area contributed by atoms with Crippen LogP contribution in [0.5, 0.6) is 0 Å². The van der Waals surface area contributed by atoms with Crippen LogP contribution in [-0.2, 0) is 11.3 Å². The van der Waals surface area contributed by atoms with E-state index < -0.39 is 0 Å². The Balaban J connectivity index is 1.70. The van der Waals surface area contributed by atoms with Gasteiger partial charge in [-0.1, -0.05) is 43.3 Å². The van der Waals surface area contributed by atoms with Gasteiger partial charge in [-0.25, -0.2) is 9.78 Å². The van der Waals surface area contributed by atoms with Gasteiger partial charge in [-0.3, -0.25) is 0 Å². The molecule has 1 aliphatic heterocycles. The minimum atomic E-state index is -0.238. The van der Waals surface area contributed by atoms with Crippen LogP contribution < -0.4 is 0 Å². The molecule has 1 aromatic heterocycles. The Kier molecular flexibility index (Phi) is 5.75. The van der Waals surface area contributed by atoms with Gasteiger partial charge in [0.2, 0.25) is 0 Å². The SMILES string of the molecule is CCSc1ncccc1C1CCCN1C(=O)OCc1ccccc1. The zero-order valence-corrected chi connectivity index (χ0v) is 14.7. The zero-order valence-electron chi connectivity index (χ0n) is 13.9. The Morgan fingerprint density at radius 3 is 2.92 bits per heavy atom. The topological polar surface area (TPSA) is 42.4 Å². The molecule has 3 rings (SSSR count). The van der Waals surface area contributed by atoms with Gasteiger partial charge in [-0.15, -0.1) is 11.8 Å². The van der Waals surface area contributed by atoms with E-state index >= 15 is 0 Å². The van der Waals surface area contributed by atoms with Crippen molar-refractivity contribution in [3.63, 3.8) is 0 Å². The molecule has 0 aliphatic carbocycles. The fraction of sp³-hybridized carbons (Fsp3) is 0.368. The van der Waals surface area contributed by atoms with E-state index in [-0.39, 0.29) is 12.1 Å². The van der Waals surface area contributed by atoms with Crippen molar-refractivity contribution in [1.29, 1.82) is 0 Å². The van der Waals surface area contributed by atoms with Gasteiger partial charge in [-0.05, 0) is 30.2 Å². The van der Waals surface area contributed by atoms with Crippen molar-refractivity contribution in [3.8, 4) is 0 Å². The summed E-state index contributed by atoms with van der Waals surface area (Å²) < 4.78 is 5.52. The molecule has 24 heavy (non-hydrogen) atoms. The van der Waals surface area contributed by atoms with Crippen LogP contribution in [0.4, 0.5) is 4.79 Å². The second-order valence-corrected chi connectivity index (χ2v) is 6.98. The Morgan fingerprint density at radius 1 is 1.29 bits per heavy atom. The maximum atomic E-state index is 12.5. The lowest BCUT2D eigenvalue weighted by molar-refractivity contribution is 0.0916. The molecule has 0 spiro atoms. The summed E-state index contributed by atoms with van der Waals surface area (Å²) in [5, 5.41) is 1.02. The summed E-state index contributed by atoms with van der Waals surface area (Å²) in [6.07, 6.45) is 3.53. The van der Waals surface area contributed by atoms with Crippen LogP contribution in [0.2, 0.25) is 0 Å². The lowest BCUT2D eigenvalue weighted by Crippen LogP contribution is -2.31. The van der Waals surface area contributed by atoms with E-state index in [0.29, 0.717) is 6.61 Å². The number of nitrogens with zero attached hydrogens (tertiary/aromatic N) is 2. The lowest BCUT2D eigenvalue weighted by Gasteiger charge is -2.25. The highest BCUT2D eigenvalue weighted by atomic mass is 32.2. The predicted molar refractivity (Wildman–Crippen MR) is 95.9 cm³/mol. The average Bonchev–Trinajstić information content (AvgIpc) is 3.11. The molecule has 0 saturated carbocycles. The number of carbonyl (C=O) groups excluding carboxylic acids is 1. The number of thioether (sulfide) groups is 1. The van der Waals surface area contributed by atoms with E-state index in [0.717, 1.165) is 41.3 Å². The molecular weight excluding hydrogens is 320 g/mol. The molecule has 1 aromatic carbocycles. The molecule has 0 N–H and O–H groups in total. The Morgan fingerprint density at radius 2 is 2.12 bits per heavy atom. The van der Waals surface area contributed by atoms with E-state index in [4.69, 9.17) is 4.74 Å². The number of rotatable bonds is 5. The number of aromatic nitrogens is 1. The molecule has 5 heteroatoms.